The van der Waals surface area contributed by atoms with E-state index < -0.39 is 40.9 Å². The van der Waals surface area contributed by atoms with Crippen molar-refractivity contribution in [1.82, 2.24) is 15.3 Å². The number of nitrogens with zero attached hydrogens (tertiary/aromatic N) is 1. The molecular weight excluding hydrogens is 553 g/mol. The summed E-state index contributed by atoms with van der Waals surface area (Å²) < 4.78 is 70.2. The Morgan fingerprint density at radius 3 is 2.38 bits per heavy atom. The lowest BCUT2D eigenvalue weighted by molar-refractivity contribution is -0.118. The van der Waals surface area contributed by atoms with Crippen LogP contribution in [-0.4, -0.2) is 28.7 Å². The molecule has 1 atom stereocenters. The number of halogens is 5. The van der Waals surface area contributed by atoms with E-state index in [9.17, 15) is 31.5 Å². The van der Waals surface area contributed by atoms with Gasteiger partial charge in [0.25, 0.3) is 5.91 Å². The van der Waals surface area contributed by atoms with Gasteiger partial charge in [-0.25, -0.2) is 22.0 Å². The zero-order valence-electron chi connectivity index (χ0n) is 22.3. The molecule has 1 amide bonds. The van der Waals surface area contributed by atoms with Crippen molar-refractivity contribution in [2.45, 2.75) is 25.2 Å². The van der Waals surface area contributed by atoms with Gasteiger partial charge in [0.1, 0.15) is 23.2 Å². The lowest BCUT2D eigenvalue weighted by atomic mass is 9.85. The van der Waals surface area contributed by atoms with Crippen LogP contribution in [0.5, 0.6) is 0 Å². The standard InChI is InChI=1S/C32H24F5N3O2/c1-38-32(42)26-12-18(4-5-27(26)35)24-3-2-6-39-31(24)19(7-17-8-21(33)13-22(34)9-17)10-23(41)11-20-16-40-30-15-29(37)28(36)14-25(20)30/h2-6,8-9,12-16,19,40H,7,10-11H2,1H3,(H,38,42)/t19-/m1/s1. The smallest absolute Gasteiger partial charge is 0.254 e. The van der Waals surface area contributed by atoms with Crippen molar-refractivity contribution in [3.8, 4) is 11.1 Å². The number of fused-ring (bicyclic) bond motifs is 1. The van der Waals surface area contributed by atoms with Crippen molar-refractivity contribution < 1.29 is 31.5 Å². The van der Waals surface area contributed by atoms with Crippen molar-refractivity contribution in [3.63, 3.8) is 0 Å². The van der Waals surface area contributed by atoms with E-state index in [-0.39, 0.29) is 36.2 Å². The first-order valence-corrected chi connectivity index (χ1v) is 13.0. The number of carbonyl (C=O) groups excluding carboxylic acids is 2. The monoisotopic (exact) mass is 577 g/mol. The number of aromatic amines is 1. The lowest BCUT2D eigenvalue weighted by Gasteiger charge is -2.20. The molecule has 0 fully saturated rings. The predicted molar refractivity (Wildman–Crippen MR) is 147 cm³/mol. The fraction of sp³-hybridized carbons (Fsp3) is 0.156. The minimum absolute atomic E-state index is 0.0294. The molecule has 2 heterocycles. The maximum atomic E-state index is 14.4. The molecule has 42 heavy (non-hydrogen) atoms. The number of hydrogen-bond donors (Lipinski definition) is 2. The molecule has 0 spiro atoms. The first kappa shape index (κ1) is 28.7. The molecule has 5 aromatic rings. The average Bonchev–Trinajstić information content (AvgIpc) is 3.32. The Bertz CT molecular complexity index is 1800. The Balaban J connectivity index is 1.53. The van der Waals surface area contributed by atoms with Gasteiger partial charge in [0.15, 0.2) is 11.6 Å². The SMILES string of the molecule is CNC(=O)c1cc(-c2cccnc2[C@@H](CC(=O)Cc2c[nH]c3cc(F)c(F)cc23)Cc2cc(F)cc(F)c2)ccc1F. The summed E-state index contributed by atoms with van der Waals surface area (Å²) in [5, 5.41) is 2.75. The lowest BCUT2D eigenvalue weighted by Crippen LogP contribution is -2.19. The van der Waals surface area contributed by atoms with Crippen LogP contribution in [0, 0.1) is 29.1 Å². The number of ketones is 1. The molecule has 214 valence electrons. The number of nitrogens with one attached hydrogen (secondary N) is 2. The maximum absolute atomic E-state index is 14.4. The number of carbonyl (C=O) groups is 2. The summed E-state index contributed by atoms with van der Waals surface area (Å²) in [5.41, 5.74) is 2.25. The van der Waals surface area contributed by atoms with Gasteiger partial charge in [-0.15, -0.1) is 0 Å². The average molecular weight is 578 g/mol. The Hall–Kier alpha value is -4.86. The van der Waals surface area contributed by atoms with Gasteiger partial charge in [-0.05, 0) is 59.5 Å². The van der Waals surface area contributed by atoms with Gasteiger partial charge in [-0.2, -0.15) is 0 Å². The van der Waals surface area contributed by atoms with Crippen LogP contribution < -0.4 is 5.32 Å². The highest BCUT2D eigenvalue weighted by Crippen LogP contribution is 2.34. The fourth-order valence-corrected chi connectivity index (χ4v) is 5.15. The number of rotatable bonds is 9. The third-order valence-corrected chi connectivity index (χ3v) is 7.05. The molecule has 5 nitrogen and oxygen atoms in total. The van der Waals surface area contributed by atoms with Crippen molar-refractivity contribution >= 4 is 22.6 Å². The minimum Gasteiger partial charge on any atom is -0.361 e. The van der Waals surface area contributed by atoms with E-state index in [0.29, 0.717) is 33.3 Å². The number of aromatic nitrogens is 2. The quantitative estimate of drug-likeness (QED) is 0.189. The molecule has 2 N–H and O–H groups in total. The van der Waals surface area contributed by atoms with Gasteiger partial charge in [0, 0.05) is 66.8 Å². The van der Waals surface area contributed by atoms with Crippen LogP contribution in [0.2, 0.25) is 0 Å². The molecule has 0 saturated heterocycles. The molecule has 3 aromatic carbocycles. The minimum atomic E-state index is -1.05. The Kier molecular flexibility index (Phi) is 8.15. The Morgan fingerprint density at radius 1 is 0.905 bits per heavy atom. The van der Waals surface area contributed by atoms with Gasteiger partial charge >= 0.3 is 0 Å². The van der Waals surface area contributed by atoms with Gasteiger partial charge in [-0.1, -0.05) is 12.1 Å². The Labute approximate surface area is 237 Å². The van der Waals surface area contributed by atoms with E-state index in [1.54, 1.807) is 12.1 Å². The summed E-state index contributed by atoms with van der Waals surface area (Å²) in [6.45, 7) is 0. The summed E-state index contributed by atoms with van der Waals surface area (Å²) in [6.07, 6.45) is 2.79. The van der Waals surface area contributed by atoms with Gasteiger partial charge in [-0.3, -0.25) is 14.6 Å². The van der Waals surface area contributed by atoms with Crippen LogP contribution in [0.4, 0.5) is 22.0 Å². The molecule has 0 saturated carbocycles. The van der Waals surface area contributed by atoms with Crippen LogP contribution in [-0.2, 0) is 17.6 Å². The molecule has 0 bridgehead atoms. The Morgan fingerprint density at radius 2 is 1.64 bits per heavy atom. The summed E-state index contributed by atoms with van der Waals surface area (Å²) in [6, 6.07) is 12.4. The normalized spacial score (nSPS) is 12.0. The first-order valence-electron chi connectivity index (χ1n) is 13.0. The zero-order chi connectivity index (χ0) is 30.0. The predicted octanol–water partition coefficient (Wildman–Crippen LogP) is 6.81. The molecule has 0 aliphatic carbocycles. The first-order chi connectivity index (χ1) is 20.1. The van der Waals surface area contributed by atoms with E-state index in [4.69, 9.17) is 0 Å². The van der Waals surface area contributed by atoms with Gasteiger partial charge < -0.3 is 10.3 Å². The number of benzene rings is 3. The van der Waals surface area contributed by atoms with Crippen LogP contribution in [0.1, 0.15) is 39.5 Å². The molecule has 0 aliphatic heterocycles. The topological polar surface area (TPSA) is 74.8 Å². The highest BCUT2D eigenvalue weighted by molar-refractivity contribution is 5.95. The summed E-state index contributed by atoms with van der Waals surface area (Å²) >= 11 is 0. The van der Waals surface area contributed by atoms with E-state index in [1.807, 2.05) is 0 Å². The van der Waals surface area contributed by atoms with E-state index >= 15 is 0 Å². The second kappa shape index (κ2) is 11.9. The van der Waals surface area contributed by atoms with Crippen LogP contribution in [0.3, 0.4) is 0 Å². The van der Waals surface area contributed by atoms with Crippen molar-refractivity contribution in [1.29, 1.82) is 0 Å². The third kappa shape index (κ3) is 6.07. The number of hydrogen-bond acceptors (Lipinski definition) is 3. The molecule has 5 rings (SSSR count). The highest BCUT2D eigenvalue weighted by Gasteiger charge is 2.24. The van der Waals surface area contributed by atoms with Crippen molar-refractivity contribution in [3.05, 3.63) is 125 Å². The summed E-state index contributed by atoms with van der Waals surface area (Å²) in [5.74, 6) is -5.95. The molecule has 0 radical (unpaired) electrons. The van der Waals surface area contributed by atoms with Crippen molar-refractivity contribution in [2.24, 2.45) is 0 Å². The van der Waals surface area contributed by atoms with Crippen molar-refractivity contribution in [2.75, 3.05) is 7.05 Å². The second-order valence-electron chi connectivity index (χ2n) is 9.93. The number of pyridine rings is 1. The molecule has 0 aliphatic rings. The highest BCUT2D eigenvalue weighted by atomic mass is 19.2. The van der Waals surface area contributed by atoms with E-state index in [2.05, 4.69) is 15.3 Å². The van der Waals surface area contributed by atoms with Crippen LogP contribution >= 0.6 is 0 Å². The van der Waals surface area contributed by atoms with E-state index in [1.165, 1.54) is 43.7 Å². The largest absolute Gasteiger partial charge is 0.361 e. The molecule has 0 unspecified atom stereocenters. The zero-order valence-corrected chi connectivity index (χ0v) is 22.3. The number of H-pyrrole nitrogens is 1. The maximum Gasteiger partial charge on any atom is 0.254 e. The number of amides is 1. The molecule has 10 heteroatoms. The molecular formula is C32H24F5N3O2. The fourth-order valence-electron chi connectivity index (χ4n) is 5.15. The number of Topliss-reactive ketones (excluding diaryl/α,β-unsaturated/α-hetero) is 1. The van der Waals surface area contributed by atoms with Gasteiger partial charge in [0.2, 0.25) is 0 Å². The van der Waals surface area contributed by atoms with Crippen LogP contribution in [0.25, 0.3) is 22.0 Å². The summed E-state index contributed by atoms with van der Waals surface area (Å²) in [4.78, 5) is 33.0. The third-order valence-electron chi connectivity index (χ3n) is 7.05. The second-order valence-corrected chi connectivity index (χ2v) is 9.93. The molecule has 2 aromatic heterocycles. The summed E-state index contributed by atoms with van der Waals surface area (Å²) in [7, 11) is 1.38. The van der Waals surface area contributed by atoms with Crippen LogP contribution in [0.15, 0.2) is 73.1 Å². The van der Waals surface area contributed by atoms with Gasteiger partial charge in [0.05, 0.1) is 11.3 Å². The van der Waals surface area contributed by atoms with E-state index in [0.717, 1.165) is 24.3 Å².